The Morgan fingerprint density at radius 3 is 2.52 bits per heavy atom. The second kappa shape index (κ2) is 5.67. The standard InChI is InChI=1S/C14H21N7/c1-4-15-12-9(2)13(19-14(18-12)10-5-6-10)16-7-11-20-17-8-21(11)3/h8,10H,4-7H2,1-3H3,(H2,15,16,18,19). The summed E-state index contributed by atoms with van der Waals surface area (Å²) in [6.07, 6.45) is 4.08. The van der Waals surface area contributed by atoms with Crippen LogP contribution in [0.3, 0.4) is 0 Å². The zero-order valence-electron chi connectivity index (χ0n) is 12.7. The molecule has 7 heteroatoms. The van der Waals surface area contributed by atoms with Gasteiger partial charge in [0.15, 0.2) is 5.82 Å². The molecule has 2 aromatic heterocycles. The highest BCUT2D eigenvalue weighted by Gasteiger charge is 2.28. The van der Waals surface area contributed by atoms with E-state index >= 15 is 0 Å². The smallest absolute Gasteiger partial charge is 0.151 e. The van der Waals surface area contributed by atoms with Crippen LogP contribution >= 0.6 is 0 Å². The third-order valence-electron chi connectivity index (χ3n) is 3.67. The molecule has 0 bridgehead atoms. The van der Waals surface area contributed by atoms with Gasteiger partial charge in [0.2, 0.25) is 0 Å². The first-order chi connectivity index (χ1) is 10.2. The fourth-order valence-electron chi connectivity index (χ4n) is 2.20. The number of aryl methyl sites for hydroxylation is 1. The first kappa shape index (κ1) is 13.8. The zero-order valence-corrected chi connectivity index (χ0v) is 12.7. The summed E-state index contributed by atoms with van der Waals surface area (Å²) in [4.78, 5) is 9.34. The van der Waals surface area contributed by atoms with E-state index < -0.39 is 0 Å². The van der Waals surface area contributed by atoms with Gasteiger partial charge < -0.3 is 15.2 Å². The van der Waals surface area contributed by atoms with Gasteiger partial charge in [-0.2, -0.15) is 0 Å². The van der Waals surface area contributed by atoms with E-state index in [1.807, 2.05) is 18.5 Å². The summed E-state index contributed by atoms with van der Waals surface area (Å²) in [5, 5.41) is 14.7. The first-order valence-corrected chi connectivity index (χ1v) is 7.38. The Morgan fingerprint density at radius 2 is 1.95 bits per heavy atom. The maximum Gasteiger partial charge on any atom is 0.151 e. The molecule has 0 atom stereocenters. The molecule has 3 rings (SSSR count). The monoisotopic (exact) mass is 287 g/mol. The van der Waals surface area contributed by atoms with Crippen LogP contribution in [0.25, 0.3) is 0 Å². The van der Waals surface area contributed by atoms with Crippen molar-refractivity contribution < 1.29 is 0 Å². The molecule has 2 heterocycles. The molecule has 21 heavy (non-hydrogen) atoms. The van der Waals surface area contributed by atoms with Gasteiger partial charge in [-0.15, -0.1) is 10.2 Å². The lowest BCUT2D eigenvalue weighted by molar-refractivity contribution is 0.806. The van der Waals surface area contributed by atoms with Crippen molar-refractivity contribution in [3.8, 4) is 0 Å². The zero-order chi connectivity index (χ0) is 14.8. The van der Waals surface area contributed by atoms with Crippen molar-refractivity contribution >= 4 is 11.6 Å². The summed E-state index contributed by atoms with van der Waals surface area (Å²) in [6, 6.07) is 0. The maximum atomic E-state index is 4.69. The van der Waals surface area contributed by atoms with E-state index in [0.717, 1.165) is 35.4 Å². The molecule has 0 saturated heterocycles. The van der Waals surface area contributed by atoms with E-state index in [9.17, 15) is 0 Å². The van der Waals surface area contributed by atoms with Crippen molar-refractivity contribution in [1.29, 1.82) is 0 Å². The molecule has 0 amide bonds. The lowest BCUT2D eigenvalue weighted by Crippen LogP contribution is -2.12. The molecule has 0 aliphatic heterocycles. The second-order valence-corrected chi connectivity index (χ2v) is 5.42. The molecule has 1 aliphatic carbocycles. The molecule has 1 aliphatic rings. The average Bonchev–Trinajstić information content (AvgIpc) is 3.24. The minimum atomic E-state index is 0.526. The van der Waals surface area contributed by atoms with Gasteiger partial charge in [0.25, 0.3) is 0 Å². The molecule has 2 aromatic rings. The maximum absolute atomic E-state index is 4.69. The Hall–Kier alpha value is -2.18. The van der Waals surface area contributed by atoms with Crippen LogP contribution in [0.2, 0.25) is 0 Å². The molecule has 1 fully saturated rings. The van der Waals surface area contributed by atoms with Gasteiger partial charge in [0.1, 0.15) is 23.8 Å². The number of hydrogen-bond acceptors (Lipinski definition) is 6. The van der Waals surface area contributed by atoms with Gasteiger partial charge in [0, 0.05) is 25.1 Å². The summed E-state index contributed by atoms with van der Waals surface area (Å²) >= 11 is 0. The van der Waals surface area contributed by atoms with Gasteiger partial charge in [-0.25, -0.2) is 9.97 Å². The van der Waals surface area contributed by atoms with Crippen LogP contribution in [0.15, 0.2) is 6.33 Å². The molecular formula is C14H21N7. The van der Waals surface area contributed by atoms with Crippen molar-refractivity contribution in [2.24, 2.45) is 7.05 Å². The minimum absolute atomic E-state index is 0.526. The fourth-order valence-corrected chi connectivity index (χ4v) is 2.20. The Kier molecular flexibility index (Phi) is 3.72. The second-order valence-electron chi connectivity index (χ2n) is 5.42. The summed E-state index contributed by atoms with van der Waals surface area (Å²) in [5.41, 5.74) is 1.04. The van der Waals surface area contributed by atoms with E-state index in [2.05, 4.69) is 37.7 Å². The van der Waals surface area contributed by atoms with Crippen LogP contribution < -0.4 is 10.6 Å². The van der Waals surface area contributed by atoms with E-state index in [1.54, 1.807) is 6.33 Å². The predicted molar refractivity (Wildman–Crippen MR) is 81.2 cm³/mol. The fraction of sp³-hybridized carbons (Fsp3) is 0.571. The van der Waals surface area contributed by atoms with Gasteiger partial charge in [-0.1, -0.05) is 0 Å². The molecule has 0 unspecified atom stereocenters. The topological polar surface area (TPSA) is 80.6 Å². The molecule has 112 valence electrons. The van der Waals surface area contributed by atoms with Crippen LogP contribution in [-0.4, -0.2) is 31.3 Å². The third-order valence-corrected chi connectivity index (χ3v) is 3.67. The number of anilines is 2. The summed E-state index contributed by atoms with van der Waals surface area (Å²) in [7, 11) is 1.93. The van der Waals surface area contributed by atoms with Crippen molar-refractivity contribution in [3.63, 3.8) is 0 Å². The summed E-state index contributed by atoms with van der Waals surface area (Å²) in [5.74, 6) is 4.15. The first-order valence-electron chi connectivity index (χ1n) is 7.38. The number of nitrogens with zero attached hydrogens (tertiary/aromatic N) is 5. The van der Waals surface area contributed by atoms with Crippen molar-refractivity contribution in [2.75, 3.05) is 17.2 Å². The Labute approximate surface area is 124 Å². The normalized spacial score (nSPS) is 14.2. The predicted octanol–water partition coefficient (Wildman–Crippen LogP) is 1.83. The van der Waals surface area contributed by atoms with Crippen LogP contribution in [0.4, 0.5) is 11.6 Å². The summed E-state index contributed by atoms with van der Waals surface area (Å²) in [6.45, 7) is 5.56. The molecule has 0 aromatic carbocycles. The summed E-state index contributed by atoms with van der Waals surface area (Å²) < 4.78 is 1.90. The number of aromatic nitrogens is 5. The van der Waals surface area contributed by atoms with Crippen molar-refractivity contribution in [2.45, 2.75) is 39.2 Å². The van der Waals surface area contributed by atoms with Crippen LogP contribution in [-0.2, 0) is 13.6 Å². The molecule has 7 nitrogen and oxygen atoms in total. The quantitative estimate of drug-likeness (QED) is 0.843. The highest BCUT2D eigenvalue weighted by atomic mass is 15.3. The Balaban J connectivity index is 1.83. The van der Waals surface area contributed by atoms with E-state index in [0.29, 0.717) is 12.5 Å². The number of nitrogens with one attached hydrogen (secondary N) is 2. The van der Waals surface area contributed by atoms with Crippen LogP contribution in [0, 0.1) is 6.92 Å². The number of hydrogen-bond donors (Lipinski definition) is 2. The molecule has 0 spiro atoms. The van der Waals surface area contributed by atoms with Crippen molar-refractivity contribution in [3.05, 3.63) is 23.5 Å². The minimum Gasteiger partial charge on any atom is -0.370 e. The van der Waals surface area contributed by atoms with Crippen molar-refractivity contribution in [1.82, 2.24) is 24.7 Å². The average molecular weight is 287 g/mol. The van der Waals surface area contributed by atoms with Gasteiger partial charge in [-0.05, 0) is 26.7 Å². The highest BCUT2D eigenvalue weighted by Crippen LogP contribution is 2.39. The van der Waals surface area contributed by atoms with Gasteiger partial charge in [-0.3, -0.25) is 0 Å². The van der Waals surface area contributed by atoms with E-state index in [4.69, 9.17) is 0 Å². The van der Waals surface area contributed by atoms with Gasteiger partial charge in [0.05, 0.1) is 6.54 Å². The Morgan fingerprint density at radius 1 is 1.24 bits per heavy atom. The third kappa shape index (κ3) is 2.96. The molecule has 1 saturated carbocycles. The van der Waals surface area contributed by atoms with E-state index in [-0.39, 0.29) is 0 Å². The Bertz CT molecular complexity index is 630. The molecule has 0 radical (unpaired) electrons. The molecular weight excluding hydrogens is 266 g/mol. The van der Waals surface area contributed by atoms with Gasteiger partial charge >= 0.3 is 0 Å². The SMILES string of the molecule is CCNc1nc(C2CC2)nc(NCc2nncn2C)c1C. The lowest BCUT2D eigenvalue weighted by Gasteiger charge is -2.14. The lowest BCUT2D eigenvalue weighted by atomic mass is 10.2. The van der Waals surface area contributed by atoms with Crippen LogP contribution in [0.1, 0.15) is 42.9 Å². The largest absolute Gasteiger partial charge is 0.370 e. The number of rotatable bonds is 6. The molecule has 2 N–H and O–H groups in total. The highest BCUT2D eigenvalue weighted by molar-refractivity contribution is 5.57. The van der Waals surface area contributed by atoms with Crippen LogP contribution in [0.5, 0.6) is 0 Å². The van der Waals surface area contributed by atoms with E-state index in [1.165, 1.54) is 12.8 Å².